The van der Waals surface area contributed by atoms with Crippen molar-refractivity contribution in [2.75, 3.05) is 33.5 Å². The fourth-order valence-corrected chi connectivity index (χ4v) is 1.87. The fourth-order valence-electron chi connectivity index (χ4n) is 1.61. The fraction of sp³-hybridized carbons (Fsp3) is 0.538. The molecule has 0 fully saturated rings. The van der Waals surface area contributed by atoms with Crippen LogP contribution < -0.4 is 5.32 Å². The molecule has 0 bridgehead atoms. The molecule has 0 aromatic heterocycles. The summed E-state index contributed by atoms with van der Waals surface area (Å²) in [6.07, 6.45) is 0. The van der Waals surface area contributed by atoms with Crippen LogP contribution in [0.3, 0.4) is 0 Å². The van der Waals surface area contributed by atoms with Gasteiger partial charge in [0.1, 0.15) is 0 Å². The number of methoxy groups -OCH3 is 1. The highest BCUT2D eigenvalue weighted by Gasteiger charge is 2.13. The maximum atomic E-state index is 6.17. The molecule has 0 aliphatic rings. The summed E-state index contributed by atoms with van der Waals surface area (Å²) in [7, 11) is 1.67. The highest BCUT2D eigenvalue weighted by atomic mass is 35.5. The van der Waals surface area contributed by atoms with E-state index >= 15 is 0 Å². The first-order chi connectivity index (χ1) is 8.29. The zero-order valence-corrected chi connectivity index (χ0v) is 11.2. The monoisotopic (exact) mass is 257 g/mol. The molecule has 4 heteroatoms. The van der Waals surface area contributed by atoms with Crippen molar-refractivity contribution in [3.63, 3.8) is 0 Å². The standard InChI is InChI=1S/C13H20ClNO2/c1-3-15-13(10-17-9-8-16-2)11-6-4-5-7-12(11)14/h4-7,13,15H,3,8-10H2,1-2H3. The van der Waals surface area contributed by atoms with Gasteiger partial charge in [0.15, 0.2) is 0 Å². The summed E-state index contributed by atoms with van der Waals surface area (Å²) in [5.41, 5.74) is 1.08. The van der Waals surface area contributed by atoms with E-state index in [1.165, 1.54) is 0 Å². The molecule has 1 aromatic carbocycles. The molecule has 1 atom stereocenters. The molecule has 0 spiro atoms. The van der Waals surface area contributed by atoms with Crippen LogP contribution in [0.25, 0.3) is 0 Å². The number of hydrogen-bond donors (Lipinski definition) is 1. The SMILES string of the molecule is CCNC(COCCOC)c1ccccc1Cl. The molecular formula is C13H20ClNO2. The average Bonchev–Trinajstić information content (AvgIpc) is 2.34. The van der Waals surface area contributed by atoms with Gasteiger partial charge in [-0.1, -0.05) is 36.7 Å². The molecule has 1 N–H and O–H groups in total. The van der Waals surface area contributed by atoms with Crippen molar-refractivity contribution in [1.29, 1.82) is 0 Å². The summed E-state index contributed by atoms with van der Waals surface area (Å²) in [6.45, 7) is 4.76. The Kier molecular flexibility index (Phi) is 7.21. The van der Waals surface area contributed by atoms with E-state index in [2.05, 4.69) is 12.2 Å². The van der Waals surface area contributed by atoms with Gasteiger partial charge in [-0.15, -0.1) is 0 Å². The van der Waals surface area contributed by atoms with Crippen LogP contribution in [0.2, 0.25) is 5.02 Å². The molecular weight excluding hydrogens is 238 g/mol. The van der Waals surface area contributed by atoms with Gasteiger partial charge in [0.05, 0.1) is 25.9 Å². The minimum atomic E-state index is 0.130. The van der Waals surface area contributed by atoms with Crippen LogP contribution in [0.1, 0.15) is 18.5 Å². The lowest BCUT2D eigenvalue weighted by atomic mass is 10.1. The van der Waals surface area contributed by atoms with E-state index in [1.807, 2.05) is 24.3 Å². The molecule has 96 valence electrons. The lowest BCUT2D eigenvalue weighted by Crippen LogP contribution is -2.26. The Bertz CT molecular complexity index is 320. The molecule has 0 saturated heterocycles. The van der Waals surface area contributed by atoms with E-state index in [0.29, 0.717) is 19.8 Å². The summed E-state index contributed by atoms with van der Waals surface area (Å²) in [4.78, 5) is 0. The molecule has 1 aromatic rings. The normalized spacial score (nSPS) is 12.6. The second-order valence-corrected chi connectivity index (χ2v) is 4.11. The first-order valence-corrected chi connectivity index (χ1v) is 6.21. The van der Waals surface area contributed by atoms with Crippen molar-refractivity contribution in [2.45, 2.75) is 13.0 Å². The molecule has 3 nitrogen and oxygen atoms in total. The highest BCUT2D eigenvalue weighted by Crippen LogP contribution is 2.22. The quantitative estimate of drug-likeness (QED) is 0.727. The Morgan fingerprint density at radius 1 is 1.29 bits per heavy atom. The highest BCUT2D eigenvalue weighted by molar-refractivity contribution is 6.31. The maximum absolute atomic E-state index is 6.17. The van der Waals surface area contributed by atoms with Crippen molar-refractivity contribution in [2.24, 2.45) is 0 Å². The van der Waals surface area contributed by atoms with Gasteiger partial charge in [-0.2, -0.15) is 0 Å². The van der Waals surface area contributed by atoms with Gasteiger partial charge in [-0.3, -0.25) is 0 Å². The summed E-state index contributed by atoms with van der Waals surface area (Å²) in [5, 5.41) is 4.14. The van der Waals surface area contributed by atoms with Gasteiger partial charge in [0.2, 0.25) is 0 Å². The molecule has 1 rings (SSSR count). The number of rotatable bonds is 8. The minimum absolute atomic E-state index is 0.130. The van der Waals surface area contributed by atoms with Crippen LogP contribution in [-0.4, -0.2) is 33.5 Å². The van der Waals surface area contributed by atoms with Crippen molar-refractivity contribution >= 4 is 11.6 Å². The average molecular weight is 258 g/mol. The first-order valence-electron chi connectivity index (χ1n) is 5.84. The Balaban J connectivity index is 2.56. The maximum Gasteiger partial charge on any atom is 0.0701 e. The van der Waals surface area contributed by atoms with Gasteiger partial charge < -0.3 is 14.8 Å². The van der Waals surface area contributed by atoms with Crippen LogP contribution in [0.15, 0.2) is 24.3 Å². The van der Waals surface area contributed by atoms with E-state index in [0.717, 1.165) is 17.1 Å². The van der Waals surface area contributed by atoms with Crippen LogP contribution in [0.5, 0.6) is 0 Å². The van der Waals surface area contributed by atoms with Crippen LogP contribution in [0.4, 0.5) is 0 Å². The van der Waals surface area contributed by atoms with E-state index in [1.54, 1.807) is 7.11 Å². The van der Waals surface area contributed by atoms with Gasteiger partial charge in [-0.25, -0.2) is 0 Å². The number of nitrogens with one attached hydrogen (secondary N) is 1. The molecule has 0 aliphatic heterocycles. The third kappa shape index (κ3) is 5.04. The Morgan fingerprint density at radius 2 is 2.06 bits per heavy atom. The van der Waals surface area contributed by atoms with E-state index in [4.69, 9.17) is 21.1 Å². The number of halogens is 1. The zero-order valence-electron chi connectivity index (χ0n) is 10.4. The zero-order chi connectivity index (χ0) is 12.5. The largest absolute Gasteiger partial charge is 0.382 e. The first kappa shape index (κ1) is 14.5. The van der Waals surface area contributed by atoms with Crippen LogP contribution >= 0.6 is 11.6 Å². The molecule has 17 heavy (non-hydrogen) atoms. The Morgan fingerprint density at radius 3 is 2.71 bits per heavy atom. The third-order valence-electron chi connectivity index (χ3n) is 2.45. The lowest BCUT2D eigenvalue weighted by molar-refractivity contribution is 0.0588. The lowest BCUT2D eigenvalue weighted by Gasteiger charge is -2.19. The topological polar surface area (TPSA) is 30.5 Å². The smallest absolute Gasteiger partial charge is 0.0701 e. The summed E-state index contributed by atoms with van der Waals surface area (Å²) in [5.74, 6) is 0. The van der Waals surface area contributed by atoms with Crippen molar-refractivity contribution in [3.05, 3.63) is 34.9 Å². The van der Waals surface area contributed by atoms with Gasteiger partial charge >= 0.3 is 0 Å². The molecule has 0 amide bonds. The number of ether oxygens (including phenoxy) is 2. The van der Waals surface area contributed by atoms with Crippen molar-refractivity contribution in [3.8, 4) is 0 Å². The molecule has 1 unspecified atom stereocenters. The van der Waals surface area contributed by atoms with Gasteiger partial charge in [0.25, 0.3) is 0 Å². The predicted octanol–water partition coefficient (Wildman–Crippen LogP) is 2.65. The van der Waals surface area contributed by atoms with Crippen LogP contribution in [0, 0.1) is 0 Å². The van der Waals surface area contributed by atoms with E-state index in [-0.39, 0.29) is 6.04 Å². The molecule has 0 radical (unpaired) electrons. The van der Waals surface area contributed by atoms with Crippen molar-refractivity contribution in [1.82, 2.24) is 5.32 Å². The number of hydrogen-bond acceptors (Lipinski definition) is 3. The Labute approximate surface area is 108 Å². The van der Waals surface area contributed by atoms with Gasteiger partial charge in [0, 0.05) is 12.1 Å². The number of benzene rings is 1. The van der Waals surface area contributed by atoms with E-state index in [9.17, 15) is 0 Å². The second kappa shape index (κ2) is 8.48. The molecule has 0 heterocycles. The van der Waals surface area contributed by atoms with Crippen LogP contribution in [-0.2, 0) is 9.47 Å². The summed E-state index contributed by atoms with van der Waals surface area (Å²) in [6, 6.07) is 7.97. The summed E-state index contributed by atoms with van der Waals surface area (Å²) < 4.78 is 10.5. The minimum Gasteiger partial charge on any atom is -0.382 e. The van der Waals surface area contributed by atoms with E-state index < -0.39 is 0 Å². The summed E-state index contributed by atoms with van der Waals surface area (Å²) >= 11 is 6.17. The second-order valence-electron chi connectivity index (χ2n) is 3.70. The molecule has 0 saturated carbocycles. The Hall–Kier alpha value is -0.610. The van der Waals surface area contributed by atoms with Crippen molar-refractivity contribution < 1.29 is 9.47 Å². The molecule has 0 aliphatic carbocycles. The number of likely N-dealkylation sites (N-methyl/N-ethyl adjacent to an activating group) is 1. The van der Waals surface area contributed by atoms with Gasteiger partial charge in [-0.05, 0) is 18.2 Å². The predicted molar refractivity (Wildman–Crippen MR) is 70.6 cm³/mol. The third-order valence-corrected chi connectivity index (χ3v) is 2.79.